The highest BCUT2D eigenvalue weighted by atomic mass is 16.5. The molecule has 0 aliphatic heterocycles. The summed E-state index contributed by atoms with van der Waals surface area (Å²) < 4.78 is 10.2. The van der Waals surface area contributed by atoms with Gasteiger partial charge in [0.1, 0.15) is 6.04 Å². The van der Waals surface area contributed by atoms with E-state index in [9.17, 15) is 4.79 Å². The molecule has 0 aromatic carbocycles. The number of aliphatic carboxylic acids is 1. The van der Waals surface area contributed by atoms with Crippen molar-refractivity contribution in [3.05, 3.63) is 0 Å². The lowest BCUT2D eigenvalue weighted by atomic mass is 10.2. The van der Waals surface area contributed by atoms with Crippen molar-refractivity contribution in [2.45, 2.75) is 32.2 Å². The molecule has 0 rings (SSSR count). The molecule has 0 bridgehead atoms. The van der Waals surface area contributed by atoms with Crippen molar-refractivity contribution in [3.8, 4) is 0 Å². The Labute approximate surface area is 97.1 Å². The van der Waals surface area contributed by atoms with Crippen molar-refractivity contribution in [2.24, 2.45) is 0 Å². The largest absolute Gasteiger partial charge is 0.480 e. The van der Waals surface area contributed by atoms with Crippen LogP contribution in [0, 0.1) is 0 Å². The first-order valence-electron chi connectivity index (χ1n) is 5.75. The molecule has 0 aromatic rings. The van der Waals surface area contributed by atoms with Crippen molar-refractivity contribution < 1.29 is 19.4 Å². The second-order valence-electron chi connectivity index (χ2n) is 3.59. The van der Waals surface area contributed by atoms with Crippen LogP contribution in [0.1, 0.15) is 26.2 Å². The third kappa shape index (κ3) is 8.64. The van der Waals surface area contributed by atoms with Gasteiger partial charge in [-0.05, 0) is 25.8 Å². The molecule has 0 amide bonds. The first-order chi connectivity index (χ1) is 7.72. The maximum absolute atomic E-state index is 10.8. The van der Waals surface area contributed by atoms with E-state index in [0.717, 1.165) is 19.4 Å². The lowest BCUT2D eigenvalue weighted by Crippen LogP contribution is -2.38. The molecule has 0 spiro atoms. The molecule has 2 N–H and O–H groups in total. The molecule has 0 aromatic heterocycles. The second kappa shape index (κ2) is 10.9. The Kier molecular flexibility index (Phi) is 10.4. The van der Waals surface area contributed by atoms with Gasteiger partial charge in [0.25, 0.3) is 0 Å². The minimum absolute atomic E-state index is 0.470. The molecule has 5 nitrogen and oxygen atoms in total. The first kappa shape index (κ1) is 15.3. The van der Waals surface area contributed by atoms with Gasteiger partial charge in [0.05, 0.1) is 0 Å². The van der Waals surface area contributed by atoms with Gasteiger partial charge in [-0.3, -0.25) is 4.79 Å². The Morgan fingerprint density at radius 1 is 1.38 bits per heavy atom. The van der Waals surface area contributed by atoms with E-state index in [-0.39, 0.29) is 0 Å². The van der Waals surface area contributed by atoms with Crippen LogP contribution in [0.4, 0.5) is 0 Å². The molecule has 1 atom stereocenters. The molecule has 0 saturated carbocycles. The number of nitrogens with one attached hydrogen (secondary N) is 1. The van der Waals surface area contributed by atoms with Crippen LogP contribution in [0.15, 0.2) is 0 Å². The number of carbonyl (C=O) groups is 1. The van der Waals surface area contributed by atoms with Crippen molar-refractivity contribution in [1.82, 2.24) is 5.32 Å². The van der Waals surface area contributed by atoms with Crippen molar-refractivity contribution in [1.29, 1.82) is 0 Å². The lowest BCUT2D eigenvalue weighted by Gasteiger charge is -2.13. The maximum atomic E-state index is 10.8. The molecule has 96 valence electrons. The number of hydrogen-bond donors (Lipinski definition) is 2. The normalized spacial score (nSPS) is 12.6. The summed E-state index contributed by atoms with van der Waals surface area (Å²) >= 11 is 0. The van der Waals surface area contributed by atoms with E-state index in [1.54, 1.807) is 7.11 Å². The third-order valence-electron chi connectivity index (χ3n) is 2.13. The average Bonchev–Trinajstić information content (AvgIpc) is 2.26. The van der Waals surface area contributed by atoms with E-state index in [1.165, 1.54) is 0 Å². The topological polar surface area (TPSA) is 67.8 Å². The van der Waals surface area contributed by atoms with E-state index in [0.29, 0.717) is 26.2 Å². The van der Waals surface area contributed by atoms with Crippen molar-refractivity contribution in [2.75, 3.05) is 33.5 Å². The Balaban J connectivity index is 3.48. The summed E-state index contributed by atoms with van der Waals surface area (Å²) in [6, 6.07) is -0.498. The molecule has 16 heavy (non-hydrogen) atoms. The average molecular weight is 233 g/mol. The molecule has 0 heterocycles. The number of ether oxygens (including phenoxy) is 2. The minimum atomic E-state index is -0.811. The fourth-order valence-corrected chi connectivity index (χ4v) is 1.24. The molecule has 0 saturated heterocycles. The van der Waals surface area contributed by atoms with Crippen LogP contribution in [0.3, 0.4) is 0 Å². The Bertz CT molecular complexity index is 175. The lowest BCUT2D eigenvalue weighted by molar-refractivity contribution is -0.140. The predicted octanol–water partition coefficient (Wildman–Crippen LogP) is 0.882. The van der Waals surface area contributed by atoms with E-state index in [4.69, 9.17) is 14.6 Å². The number of rotatable bonds is 11. The quantitative estimate of drug-likeness (QED) is 0.519. The minimum Gasteiger partial charge on any atom is -0.480 e. The van der Waals surface area contributed by atoms with Gasteiger partial charge in [0.15, 0.2) is 0 Å². The van der Waals surface area contributed by atoms with E-state index >= 15 is 0 Å². The summed E-state index contributed by atoms with van der Waals surface area (Å²) in [5.74, 6) is -0.811. The number of carboxylic acid groups (broad SMARTS) is 1. The van der Waals surface area contributed by atoms with Crippen LogP contribution < -0.4 is 5.32 Å². The summed E-state index contributed by atoms with van der Waals surface area (Å²) in [4.78, 5) is 10.8. The smallest absolute Gasteiger partial charge is 0.320 e. The third-order valence-corrected chi connectivity index (χ3v) is 2.13. The maximum Gasteiger partial charge on any atom is 0.320 e. The standard InChI is InChI=1S/C11H23NO4/c1-3-6-12-10(11(13)14)5-9-16-8-4-7-15-2/h10,12H,3-9H2,1-2H3,(H,13,14). The van der Waals surface area contributed by atoms with Crippen LogP contribution >= 0.6 is 0 Å². The zero-order chi connectivity index (χ0) is 12.2. The number of hydrogen-bond acceptors (Lipinski definition) is 4. The summed E-state index contributed by atoms with van der Waals surface area (Å²) in [6.45, 7) is 4.50. The van der Waals surface area contributed by atoms with Crippen LogP contribution in [-0.4, -0.2) is 50.6 Å². The van der Waals surface area contributed by atoms with Gasteiger partial charge >= 0.3 is 5.97 Å². The Morgan fingerprint density at radius 3 is 2.69 bits per heavy atom. The van der Waals surface area contributed by atoms with Crippen LogP contribution in [0.25, 0.3) is 0 Å². The van der Waals surface area contributed by atoms with Crippen LogP contribution in [-0.2, 0) is 14.3 Å². The first-order valence-corrected chi connectivity index (χ1v) is 5.75. The van der Waals surface area contributed by atoms with Crippen molar-refractivity contribution in [3.63, 3.8) is 0 Å². The fourth-order valence-electron chi connectivity index (χ4n) is 1.24. The molecule has 5 heteroatoms. The Hall–Kier alpha value is -0.650. The van der Waals surface area contributed by atoms with E-state index < -0.39 is 12.0 Å². The molecule has 0 aliphatic rings. The molecule has 0 radical (unpaired) electrons. The van der Waals surface area contributed by atoms with Gasteiger partial charge < -0.3 is 19.9 Å². The fraction of sp³-hybridized carbons (Fsp3) is 0.909. The highest BCUT2D eigenvalue weighted by Gasteiger charge is 2.15. The predicted molar refractivity (Wildman–Crippen MR) is 61.6 cm³/mol. The molecule has 1 unspecified atom stereocenters. The van der Waals surface area contributed by atoms with E-state index in [1.807, 2.05) is 6.92 Å². The monoisotopic (exact) mass is 233 g/mol. The SMILES string of the molecule is CCCNC(CCOCCCOC)C(=O)O. The summed E-state index contributed by atoms with van der Waals surface area (Å²) in [7, 11) is 1.65. The molecular weight excluding hydrogens is 210 g/mol. The van der Waals surface area contributed by atoms with Gasteiger partial charge in [-0.1, -0.05) is 6.92 Å². The van der Waals surface area contributed by atoms with Crippen LogP contribution in [0.5, 0.6) is 0 Å². The summed E-state index contributed by atoms with van der Waals surface area (Å²) in [6.07, 6.45) is 2.28. The van der Waals surface area contributed by atoms with Gasteiger partial charge in [-0.15, -0.1) is 0 Å². The number of carboxylic acids is 1. The van der Waals surface area contributed by atoms with Gasteiger partial charge in [0.2, 0.25) is 0 Å². The molecule has 0 aliphatic carbocycles. The summed E-state index contributed by atoms with van der Waals surface area (Å²) in [5.41, 5.74) is 0. The van der Waals surface area contributed by atoms with Gasteiger partial charge in [-0.2, -0.15) is 0 Å². The van der Waals surface area contributed by atoms with E-state index in [2.05, 4.69) is 5.32 Å². The number of methoxy groups -OCH3 is 1. The Morgan fingerprint density at radius 2 is 2.12 bits per heavy atom. The highest BCUT2D eigenvalue weighted by Crippen LogP contribution is 1.95. The second-order valence-corrected chi connectivity index (χ2v) is 3.59. The zero-order valence-electron chi connectivity index (χ0n) is 10.2. The zero-order valence-corrected chi connectivity index (χ0v) is 10.2. The summed E-state index contributed by atoms with van der Waals surface area (Å²) in [5, 5.41) is 11.9. The van der Waals surface area contributed by atoms with Gasteiger partial charge in [-0.25, -0.2) is 0 Å². The molecular formula is C11H23NO4. The van der Waals surface area contributed by atoms with Gasteiger partial charge in [0, 0.05) is 26.9 Å². The molecule has 0 fully saturated rings. The van der Waals surface area contributed by atoms with Crippen LogP contribution in [0.2, 0.25) is 0 Å². The van der Waals surface area contributed by atoms with Crippen molar-refractivity contribution >= 4 is 5.97 Å². The highest BCUT2D eigenvalue weighted by molar-refractivity contribution is 5.73.